The van der Waals surface area contributed by atoms with Crippen LogP contribution < -0.4 is 5.32 Å². The molecule has 1 N–H and O–H groups in total. The molecule has 1 aliphatic rings. The molecule has 0 bridgehead atoms. The van der Waals surface area contributed by atoms with Gasteiger partial charge in [0.15, 0.2) is 11.6 Å². The van der Waals surface area contributed by atoms with Crippen molar-refractivity contribution in [3.63, 3.8) is 0 Å². The van der Waals surface area contributed by atoms with Gasteiger partial charge in [0, 0.05) is 30.3 Å². The highest BCUT2D eigenvalue weighted by atomic mass is 16.4. The highest BCUT2D eigenvalue weighted by Gasteiger charge is 2.20. The number of hydrogen-bond acceptors (Lipinski definition) is 7. The molecule has 0 radical (unpaired) electrons. The third-order valence-electron chi connectivity index (χ3n) is 4.27. The van der Waals surface area contributed by atoms with Crippen LogP contribution in [-0.4, -0.2) is 32.0 Å². The molecule has 2 aromatic heterocycles. The Morgan fingerprint density at radius 1 is 1.22 bits per heavy atom. The van der Waals surface area contributed by atoms with Gasteiger partial charge in [0.25, 0.3) is 0 Å². The summed E-state index contributed by atoms with van der Waals surface area (Å²) in [6, 6.07) is 8.25. The third-order valence-corrected chi connectivity index (χ3v) is 4.27. The van der Waals surface area contributed by atoms with E-state index in [0.717, 1.165) is 23.1 Å². The lowest BCUT2D eigenvalue weighted by molar-refractivity contribution is 0.101. The van der Waals surface area contributed by atoms with Crippen LogP contribution in [0, 0.1) is 0 Å². The van der Waals surface area contributed by atoms with Gasteiger partial charge in [-0.25, -0.2) is 9.97 Å². The Kier molecular flexibility index (Phi) is 4.27. The zero-order chi connectivity index (χ0) is 19.0. The molecular weight excluding hydrogens is 342 g/mol. The summed E-state index contributed by atoms with van der Waals surface area (Å²) in [6.07, 6.45) is 4.49. The van der Waals surface area contributed by atoms with Crippen LogP contribution in [0.15, 0.2) is 41.0 Å². The second-order valence-electron chi connectivity index (χ2n) is 6.73. The molecule has 0 saturated carbocycles. The van der Waals surface area contributed by atoms with Crippen molar-refractivity contribution in [2.45, 2.75) is 33.2 Å². The monoisotopic (exact) mass is 361 g/mol. The van der Waals surface area contributed by atoms with Gasteiger partial charge >= 0.3 is 6.01 Å². The van der Waals surface area contributed by atoms with Crippen LogP contribution in [-0.2, 0) is 6.42 Å². The molecule has 1 aliphatic carbocycles. The second kappa shape index (κ2) is 6.75. The van der Waals surface area contributed by atoms with Crippen LogP contribution in [0.2, 0.25) is 0 Å². The topological polar surface area (TPSA) is 93.8 Å². The van der Waals surface area contributed by atoms with Gasteiger partial charge in [-0.3, -0.25) is 4.79 Å². The molecule has 2 heterocycles. The normalized spacial score (nSPS) is 12.8. The van der Waals surface area contributed by atoms with Gasteiger partial charge in [-0.1, -0.05) is 17.2 Å². The van der Waals surface area contributed by atoms with Gasteiger partial charge in [-0.05, 0) is 49.6 Å². The quantitative estimate of drug-likeness (QED) is 0.695. The third kappa shape index (κ3) is 3.36. The molecule has 3 aromatic rings. The van der Waals surface area contributed by atoms with Crippen molar-refractivity contribution in [3.8, 4) is 11.5 Å². The maximum atomic E-state index is 11.6. The Labute approximate surface area is 156 Å². The lowest BCUT2D eigenvalue weighted by Crippen LogP contribution is -2.09. The van der Waals surface area contributed by atoms with Crippen molar-refractivity contribution in [2.24, 2.45) is 0 Å². The predicted octanol–water partition coefficient (Wildman–Crippen LogP) is 3.54. The molecule has 7 heteroatoms. The van der Waals surface area contributed by atoms with Gasteiger partial charge in [-0.15, -0.1) is 5.10 Å². The Morgan fingerprint density at radius 2 is 2.07 bits per heavy atom. The van der Waals surface area contributed by atoms with Crippen LogP contribution in [0.1, 0.15) is 48.2 Å². The fourth-order valence-corrected chi connectivity index (χ4v) is 3.00. The zero-order valence-electron chi connectivity index (χ0n) is 15.4. The number of carbonyl (C=O) groups is 1. The Balaban J connectivity index is 1.69. The van der Waals surface area contributed by atoms with E-state index in [4.69, 9.17) is 4.42 Å². The fourth-order valence-electron chi connectivity index (χ4n) is 3.00. The van der Waals surface area contributed by atoms with E-state index < -0.39 is 0 Å². The SMILES string of the molecule is CC(=O)c1ccnc(C2=CCc3ccc(-c4nnc(NC(C)C)o4)cc32)n1. The number of ketones is 1. The summed E-state index contributed by atoms with van der Waals surface area (Å²) in [5, 5.41) is 11.3. The number of nitrogens with one attached hydrogen (secondary N) is 1. The van der Waals surface area contributed by atoms with Crippen molar-refractivity contribution >= 4 is 17.4 Å². The maximum absolute atomic E-state index is 11.6. The first-order chi connectivity index (χ1) is 13.0. The van der Waals surface area contributed by atoms with E-state index in [1.54, 1.807) is 12.3 Å². The fraction of sp³-hybridized carbons (Fsp3) is 0.250. The van der Waals surface area contributed by atoms with E-state index in [0.29, 0.717) is 23.4 Å². The number of fused-ring (bicyclic) bond motifs is 1. The molecule has 0 aliphatic heterocycles. The number of aromatic nitrogens is 4. The van der Waals surface area contributed by atoms with Crippen molar-refractivity contribution in [3.05, 3.63) is 59.2 Å². The summed E-state index contributed by atoms with van der Waals surface area (Å²) in [4.78, 5) is 20.4. The molecule has 7 nitrogen and oxygen atoms in total. The number of benzene rings is 1. The summed E-state index contributed by atoms with van der Waals surface area (Å²) >= 11 is 0. The van der Waals surface area contributed by atoms with Crippen LogP contribution in [0.25, 0.3) is 17.0 Å². The minimum atomic E-state index is -0.0812. The Bertz CT molecular complexity index is 1050. The van der Waals surface area contributed by atoms with E-state index in [-0.39, 0.29) is 11.8 Å². The molecule has 0 amide bonds. The molecule has 0 unspecified atom stereocenters. The standard InChI is InChI=1S/C20H19N5O2/c1-11(2)22-20-25-24-19(27-20)14-5-4-13-6-7-15(16(13)10-14)18-21-9-8-17(23-18)12(3)26/h4-5,7-11H,6H2,1-3H3,(H,22,25). The van der Waals surface area contributed by atoms with Gasteiger partial charge in [-0.2, -0.15) is 0 Å². The number of rotatable bonds is 5. The minimum Gasteiger partial charge on any atom is -0.403 e. The van der Waals surface area contributed by atoms with E-state index in [2.05, 4.69) is 31.6 Å². The van der Waals surface area contributed by atoms with Crippen molar-refractivity contribution in [2.75, 3.05) is 5.32 Å². The molecule has 136 valence electrons. The van der Waals surface area contributed by atoms with Crippen LogP contribution in [0.4, 0.5) is 6.01 Å². The number of anilines is 1. The predicted molar refractivity (Wildman–Crippen MR) is 101 cm³/mol. The maximum Gasteiger partial charge on any atom is 0.315 e. The first kappa shape index (κ1) is 17.1. The van der Waals surface area contributed by atoms with E-state index in [1.807, 2.05) is 32.0 Å². The summed E-state index contributed by atoms with van der Waals surface area (Å²) in [5.74, 6) is 0.916. The van der Waals surface area contributed by atoms with Gasteiger partial charge in [0.05, 0.1) is 0 Å². The number of carbonyl (C=O) groups excluding carboxylic acids is 1. The average molecular weight is 361 g/mol. The molecule has 0 spiro atoms. The second-order valence-corrected chi connectivity index (χ2v) is 6.73. The van der Waals surface area contributed by atoms with Gasteiger partial charge < -0.3 is 9.73 Å². The highest BCUT2D eigenvalue weighted by Crippen LogP contribution is 2.34. The van der Waals surface area contributed by atoms with Gasteiger partial charge in [0.2, 0.25) is 5.89 Å². The minimum absolute atomic E-state index is 0.0812. The Morgan fingerprint density at radius 3 is 2.85 bits per heavy atom. The van der Waals surface area contributed by atoms with Crippen molar-refractivity contribution in [1.82, 2.24) is 20.2 Å². The summed E-state index contributed by atoms with van der Waals surface area (Å²) in [7, 11) is 0. The first-order valence-corrected chi connectivity index (χ1v) is 8.79. The Hall–Kier alpha value is -3.35. The van der Waals surface area contributed by atoms with Crippen LogP contribution in [0.5, 0.6) is 0 Å². The molecule has 0 saturated heterocycles. The van der Waals surface area contributed by atoms with Crippen LogP contribution >= 0.6 is 0 Å². The van der Waals surface area contributed by atoms with Crippen molar-refractivity contribution < 1.29 is 9.21 Å². The highest BCUT2D eigenvalue weighted by molar-refractivity contribution is 5.93. The van der Waals surface area contributed by atoms with Crippen molar-refractivity contribution in [1.29, 1.82) is 0 Å². The number of Topliss-reactive ketones (excluding diaryl/α,β-unsaturated/α-hetero) is 1. The molecular formula is C20H19N5O2. The summed E-state index contributed by atoms with van der Waals surface area (Å²) in [6.45, 7) is 5.51. The molecule has 1 aromatic carbocycles. The molecule has 0 fully saturated rings. The van der Waals surface area contributed by atoms with E-state index in [9.17, 15) is 4.79 Å². The molecule has 27 heavy (non-hydrogen) atoms. The summed E-state index contributed by atoms with van der Waals surface area (Å²) in [5.41, 5.74) is 4.34. The van der Waals surface area contributed by atoms with E-state index >= 15 is 0 Å². The average Bonchev–Trinajstić information content (AvgIpc) is 3.27. The van der Waals surface area contributed by atoms with Gasteiger partial charge in [0.1, 0.15) is 5.69 Å². The number of nitrogens with zero attached hydrogens (tertiary/aromatic N) is 4. The number of allylic oxidation sites excluding steroid dienone is 1. The smallest absolute Gasteiger partial charge is 0.315 e. The largest absolute Gasteiger partial charge is 0.403 e. The molecule has 4 rings (SSSR count). The lowest BCUT2D eigenvalue weighted by Gasteiger charge is -2.07. The van der Waals surface area contributed by atoms with E-state index in [1.165, 1.54) is 12.5 Å². The zero-order valence-corrected chi connectivity index (χ0v) is 15.4. The molecule has 0 atom stereocenters. The first-order valence-electron chi connectivity index (χ1n) is 8.79. The lowest BCUT2D eigenvalue weighted by atomic mass is 10.0. The van der Waals surface area contributed by atoms with Crippen LogP contribution in [0.3, 0.4) is 0 Å². The summed E-state index contributed by atoms with van der Waals surface area (Å²) < 4.78 is 5.70. The number of hydrogen-bond donors (Lipinski definition) is 1.